The third kappa shape index (κ3) is 9.67. The van der Waals surface area contributed by atoms with Crippen molar-refractivity contribution in [2.24, 2.45) is 0 Å². The SMILES string of the molecule is CC(C)(C)OC(=O)Nc1cccn([C@@H]2CCCN(CCF)C2)c1=O.Nc1cccn([C@@H]2CCCN(CCF)C2)c1=O. The minimum absolute atomic E-state index is 0.0156. The number of nitrogens with zero attached hydrogens (tertiary/aromatic N) is 4. The second-order valence-corrected chi connectivity index (χ2v) is 11.5. The van der Waals surface area contributed by atoms with Crippen LogP contribution in [0, 0.1) is 0 Å². The van der Waals surface area contributed by atoms with Gasteiger partial charge in [0.25, 0.3) is 11.1 Å². The molecule has 12 heteroatoms. The molecule has 0 bridgehead atoms. The summed E-state index contributed by atoms with van der Waals surface area (Å²) in [4.78, 5) is 40.5. The Morgan fingerprint density at radius 3 is 1.95 bits per heavy atom. The molecule has 2 atom stereocenters. The molecular formula is C29H44F2N6O4. The van der Waals surface area contributed by atoms with Crippen LogP contribution in [0.2, 0.25) is 0 Å². The lowest BCUT2D eigenvalue weighted by Gasteiger charge is -2.33. The van der Waals surface area contributed by atoms with Gasteiger partial charge in [-0.2, -0.15) is 0 Å². The molecule has 0 spiro atoms. The zero-order valence-electron chi connectivity index (χ0n) is 24.4. The normalized spacial score (nSPS) is 20.1. The first-order chi connectivity index (χ1) is 19.5. The average molecular weight is 579 g/mol. The molecule has 2 aromatic rings. The van der Waals surface area contributed by atoms with Gasteiger partial charge < -0.3 is 19.6 Å². The number of carbonyl (C=O) groups is 1. The first-order valence-electron chi connectivity index (χ1n) is 14.3. The lowest BCUT2D eigenvalue weighted by Crippen LogP contribution is -2.41. The van der Waals surface area contributed by atoms with Gasteiger partial charge in [-0.25, -0.2) is 13.6 Å². The monoisotopic (exact) mass is 578 g/mol. The van der Waals surface area contributed by atoms with Crippen LogP contribution in [0.3, 0.4) is 0 Å². The number of ether oxygens (including phenoxy) is 1. The largest absolute Gasteiger partial charge is 0.444 e. The summed E-state index contributed by atoms with van der Waals surface area (Å²) in [6.45, 7) is 8.54. The summed E-state index contributed by atoms with van der Waals surface area (Å²) >= 11 is 0. The zero-order chi connectivity index (χ0) is 30.0. The molecule has 3 N–H and O–H groups in total. The minimum Gasteiger partial charge on any atom is -0.444 e. The molecule has 0 aliphatic carbocycles. The van der Waals surface area contributed by atoms with Crippen LogP contribution >= 0.6 is 0 Å². The van der Waals surface area contributed by atoms with Gasteiger partial charge in [0.2, 0.25) is 0 Å². The van der Waals surface area contributed by atoms with Crippen molar-refractivity contribution in [3.8, 4) is 0 Å². The van der Waals surface area contributed by atoms with Crippen LogP contribution in [-0.4, -0.2) is 83.2 Å². The summed E-state index contributed by atoms with van der Waals surface area (Å²) < 4.78 is 33.4. The quantitative estimate of drug-likeness (QED) is 0.513. The highest BCUT2D eigenvalue weighted by atomic mass is 19.1. The molecule has 41 heavy (non-hydrogen) atoms. The Morgan fingerprint density at radius 1 is 0.927 bits per heavy atom. The maximum absolute atomic E-state index is 12.6. The molecule has 4 rings (SSSR count). The summed E-state index contributed by atoms with van der Waals surface area (Å²) in [5.41, 5.74) is 5.04. The number of likely N-dealkylation sites (tertiary alicyclic amines) is 2. The van der Waals surface area contributed by atoms with Crippen molar-refractivity contribution < 1.29 is 18.3 Å². The number of anilines is 2. The standard InChI is InChI=1S/C17H26FN3O3.C12H18FN3O/c1-17(2,3)24-16(23)19-14-7-5-10-21(15(14)22)13-6-4-9-20(12-13)11-8-18;13-5-8-15-6-1-3-10(9-15)16-7-2-4-11(14)12(16)17/h5,7,10,13H,4,6,8-9,11-12H2,1-3H3,(H,19,23);2,4,7,10H,1,3,5-6,8-9,14H2/t13-;10-/m11/s1. The molecule has 228 valence electrons. The third-order valence-electron chi connectivity index (χ3n) is 7.16. The van der Waals surface area contributed by atoms with Crippen molar-refractivity contribution in [1.82, 2.24) is 18.9 Å². The van der Waals surface area contributed by atoms with Gasteiger partial charge in [-0.1, -0.05) is 0 Å². The Kier molecular flexibility index (Phi) is 11.9. The molecule has 0 radical (unpaired) electrons. The number of nitrogens with two attached hydrogens (primary N) is 1. The Labute approximate surface area is 240 Å². The van der Waals surface area contributed by atoms with Crippen molar-refractivity contribution in [3.05, 3.63) is 57.4 Å². The fraction of sp³-hybridized carbons (Fsp3) is 0.621. The van der Waals surface area contributed by atoms with Gasteiger partial charge in [0, 0.05) is 50.7 Å². The number of pyridine rings is 2. The van der Waals surface area contributed by atoms with E-state index in [1.165, 1.54) is 0 Å². The highest BCUT2D eigenvalue weighted by Crippen LogP contribution is 2.21. The molecule has 2 aromatic heterocycles. The van der Waals surface area contributed by atoms with Crippen molar-refractivity contribution in [2.75, 3.05) is 63.7 Å². The third-order valence-corrected chi connectivity index (χ3v) is 7.16. The number of piperidine rings is 2. The predicted molar refractivity (Wildman–Crippen MR) is 157 cm³/mol. The lowest BCUT2D eigenvalue weighted by molar-refractivity contribution is 0.0635. The van der Waals surface area contributed by atoms with E-state index >= 15 is 0 Å². The van der Waals surface area contributed by atoms with Crippen molar-refractivity contribution in [2.45, 2.75) is 64.1 Å². The van der Waals surface area contributed by atoms with Gasteiger partial charge >= 0.3 is 6.09 Å². The number of alkyl halides is 2. The molecule has 4 heterocycles. The summed E-state index contributed by atoms with van der Waals surface area (Å²) in [6.07, 6.45) is 6.55. The highest BCUT2D eigenvalue weighted by molar-refractivity contribution is 5.84. The molecular weight excluding hydrogens is 534 g/mol. The van der Waals surface area contributed by atoms with E-state index in [-0.39, 0.29) is 47.9 Å². The van der Waals surface area contributed by atoms with Crippen molar-refractivity contribution in [1.29, 1.82) is 0 Å². The topological polar surface area (TPSA) is 115 Å². The number of hydrogen-bond donors (Lipinski definition) is 2. The van der Waals surface area contributed by atoms with Crippen LogP contribution < -0.4 is 22.2 Å². The van der Waals surface area contributed by atoms with Crippen LogP contribution in [0.25, 0.3) is 0 Å². The van der Waals surface area contributed by atoms with E-state index in [0.717, 1.165) is 45.3 Å². The van der Waals surface area contributed by atoms with E-state index in [1.807, 2.05) is 4.90 Å². The lowest BCUT2D eigenvalue weighted by atomic mass is 10.1. The summed E-state index contributed by atoms with van der Waals surface area (Å²) in [6, 6.07) is 6.78. The van der Waals surface area contributed by atoms with Crippen LogP contribution in [-0.2, 0) is 4.74 Å². The van der Waals surface area contributed by atoms with E-state index in [9.17, 15) is 23.2 Å². The highest BCUT2D eigenvalue weighted by Gasteiger charge is 2.24. The Morgan fingerprint density at radius 2 is 1.44 bits per heavy atom. The summed E-state index contributed by atoms with van der Waals surface area (Å²) in [5.74, 6) is 0. The van der Waals surface area contributed by atoms with Crippen LogP contribution in [0.5, 0.6) is 0 Å². The van der Waals surface area contributed by atoms with Gasteiger partial charge in [0.1, 0.15) is 24.6 Å². The number of nitrogens with one attached hydrogen (secondary N) is 1. The minimum atomic E-state index is -0.653. The number of hydrogen-bond acceptors (Lipinski definition) is 7. The van der Waals surface area contributed by atoms with Gasteiger partial charge in [-0.3, -0.25) is 24.7 Å². The van der Waals surface area contributed by atoms with Gasteiger partial charge in [0.05, 0.1) is 5.69 Å². The Balaban J connectivity index is 0.000000239. The molecule has 1 amide bonds. The van der Waals surface area contributed by atoms with Crippen molar-refractivity contribution >= 4 is 17.5 Å². The van der Waals surface area contributed by atoms with Gasteiger partial charge in [-0.05, 0) is 83.8 Å². The molecule has 0 unspecified atom stereocenters. The first kappa shape index (κ1) is 32.3. The number of aromatic nitrogens is 2. The molecule has 0 saturated carbocycles. The number of halogens is 2. The molecule has 2 saturated heterocycles. The second kappa shape index (κ2) is 15.1. The fourth-order valence-corrected chi connectivity index (χ4v) is 5.28. The molecule has 2 aliphatic heterocycles. The number of amides is 1. The van der Waals surface area contributed by atoms with Crippen LogP contribution in [0.15, 0.2) is 46.2 Å². The second-order valence-electron chi connectivity index (χ2n) is 11.5. The van der Waals surface area contributed by atoms with E-state index in [1.54, 1.807) is 66.6 Å². The Hall–Kier alpha value is -3.25. The maximum Gasteiger partial charge on any atom is 0.412 e. The fourth-order valence-electron chi connectivity index (χ4n) is 5.28. The van der Waals surface area contributed by atoms with Crippen LogP contribution in [0.4, 0.5) is 25.0 Å². The first-order valence-corrected chi connectivity index (χ1v) is 14.3. The van der Waals surface area contributed by atoms with E-state index in [4.69, 9.17) is 10.5 Å². The van der Waals surface area contributed by atoms with Gasteiger partial charge in [0.15, 0.2) is 0 Å². The van der Waals surface area contributed by atoms with Gasteiger partial charge in [-0.15, -0.1) is 0 Å². The van der Waals surface area contributed by atoms with E-state index < -0.39 is 11.7 Å². The molecule has 0 aromatic carbocycles. The number of nitrogen functional groups attached to an aromatic ring is 1. The average Bonchev–Trinajstić information content (AvgIpc) is 2.91. The van der Waals surface area contributed by atoms with Crippen LogP contribution in [0.1, 0.15) is 58.5 Å². The smallest absolute Gasteiger partial charge is 0.412 e. The van der Waals surface area contributed by atoms with E-state index in [0.29, 0.717) is 19.6 Å². The molecule has 2 aliphatic rings. The molecule has 10 nitrogen and oxygen atoms in total. The van der Waals surface area contributed by atoms with Crippen molar-refractivity contribution in [3.63, 3.8) is 0 Å². The zero-order valence-corrected chi connectivity index (χ0v) is 24.4. The molecule has 2 fully saturated rings. The predicted octanol–water partition coefficient (Wildman–Crippen LogP) is 3.84. The number of rotatable bonds is 7. The summed E-state index contributed by atoms with van der Waals surface area (Å²) in [7, 11) is 0. The summed E-state index contributed by atoms with van der Waals surface area (Å²) in [5, 5.41) is 2.51. The maximum atomic E-state index is 12.6. The van der Waals surface area contributed by atoms with E-state index in [2.05, 4.69) is 10.2 Å². The Bertz CT molecular complexity index is 1240. The number of carbonyl (C=O) groups excluding carboxylic acids is 1.